The van der Waals surface area contributed by atoms with Gasteiger partial charge in [0.2, 0.25) is 0 Å². The molecular formula is C9H11N3S. The van der Waals surface area contributed by atoms with Crippen LogP contribution < -0.4 is 0 Å². The van der Waals surface area contributed by atoms with Gasteiger partial charge in [-0.3, -0.25) is 5.10 Å². The predicted octanol–water partition coefficient (Wildman–Crippen LogP) is 2.66. The molecule has 0 unspecified atom stereocenters. The lowest BCUT2D eigenvalue weighted by atomic mass is 10.2. The number of hydrogen-bond donors (Lipinski definition) is 1. The third-order valence-corrected chi connectivity index (χ3v) is 2.77. The molecule has 4 heteroatoms. The normalized spacial score (nSPS) is 11.0. The van der Waals surface area contributed by atoms with E-state index in [1.54, 1.807) is 17.5 Å². The molecule has 3 nitrogen and oxygen atoms in total. The Balaban J connectivity index is 2.33. The van der Waals surface area contributed by atoms with E-state index in [1.807, 2.05) is 6.20 Å². The smallest absolute Gasteiger partial charge is 0.126 e. The zero-order valence-corrected chi connectivity index (χ0v) is 8.43. The lowest BCUT2D eigenvalue weighted by Gasteiger charge is -1.95. The van der Waals surface area contributed by atoms with Crippen molar-refractivity contribution in [3.05, 3.63) is 23.5 Å². The van der Waals surface area contributed by atoms with Gasteiger partial charge in [0.05, 0.1) is 11.9 Å². The van der Waals surface area contributed by atoms with Crippen LogP contribution in [0.1, 0.15) is 25.5 Å². The van der Waals surface area contributed by atoms with Crippen LogP contribution in [0.15, 0.2) is 17.8 Å². The minimum Gasteiger partial charge on any atom is -0.285 e. The Bertz CT molecular complexity index is 375. The molecule has 1 N–H and O–H groups in total. The summed E-state index contributed by atoms with van der Waals surface area (Å²) >= 11 is 1.66. The van der Waals surface area contributed by atoms with E-state index in [9.17, 15) is 0 Å². The molecule has 2 aromatic heterocycles. The molecule has 2 aromatic rings. The number of aromatic nitrogens is 3. The van der Waals surface area contributed by atoms with Crippen molar-refractivity contribution in [2.45, 2.75) is 19.8 Å². The minimum atomic E-state index is 0.497. The number of hydrogen-bond acceptors (Lipinski definition) is 3. The van der Waals surface area contributed by atoms with Crippen LogP contribution in [0.4, 0.5) is 0 Å². The lowest BCUT2D eigenvalue weighted by molar-refractivity contribution is 0.834. The fourth-order valence-corrected chi connectivity index (χ4v) is 2.01. The van der Waals surface area contributed by atoms with E-state index < -0.39 is 0 Å². The molecular weight excluding hydrogens is 182 g/mol. The van der Waals surface area contributed by atoms with Crippen LogP contribution in [-0.4, -0.2) is 15.2 Å². The van der Waals surface area contributed by atoms with Crippen molar-refractivity contribution in [3.8, 4) is 10.6 Å². The van der Waals surface area contributed by atoms with Gasteiger partial charge in [-0.25, -0.2) is 4.98 Å². The summed E-state index contributed by atoms with van der Waals surface area (Å²) in [6, 6.07) is 0. The Labute approximate surface area is 80.8 Å². The van der Waals surface area contributed by atoms with E-state index in [0.717, 1.165) is 16.3 Å². The number of aromatic amines is 1. The monoisotopic (exact) mass is 193 g/mol. The number of thiazole rings is 1. The van der Waals surface area contributed by atoms with Gasteiger partial charge in [-0.1, -0.05) is 13.8 Å². The molecule has 0 aliphatic rings. The van der Waals surface area contributed by atoms with Crippen LogP contribution in [0.5, 0.6) is 0 Å². The summed E-state index contributed by atoms with van der Waals surface area (Å²) in [5, 5.41) is 9.82. The van der Waals surface area contributed by atoms with Crippen LogP contribution in [0.3, 0.4) is 0 Å². The van der Waals surface area contributed by atoms with Gasteiger partial charge in [0.1, 0.15) is 5.01 Å². The maximum Gasteiger partial charge on any atom is 0.126 e. The maximum atomic E-state index is 4.51. The van der Waals surface area contributed by atoms with Gasteiger partial charge in [-0.15, -0.1) is 11.3 Å². The van der Waals surface area contributed by atoms with Gasteiger partial charge in [-0.05, 0) is 5.92 Å². The van der Waals surface area contributed by atoms with E-state index in [-0.39, 0.29) is 0 Å². The molecule has 0 atom stereocenters. The number of nitrogens with zero attached hydrogens (tertiary/aromatic N) is 2. The summed E-state index contributed by atoms with van der Waals surface area (Å²) in [5.74, 6) is 0.497. The average Bonchev–Trinajstić information content (AvgIpc) is 2.75. The zero-order valence-electron chi connectivity index (χ0n) is 7.61. The summed E-state index contributed by atoms with van der Waals surface area (Å²) < 4.78 is 0. The SMILES string of the molecule is CC(C)c1csc(-c2cn[nH]c2)n1. The van der Waals surface area contributed by atoms with Gasteiger partial charge in [0.15, 0.2) is 0 Å². The highest BCUT2D eigenvalue weighted by atomic mass is 32.1. The Morgan fingerprint density at radius 3 is 2.85 bits per heavy atom. The highest BCUT2D eigenvalue weighted by molar-refractivity contribution is 7.13. The number of H-pyrrole nitrogens is 1. The molecule has 13 heavy (non-hydrogen) atoms. The third-order valence-electron chi connectivity index (χ3n) is 1.86. The first-order valence-corrected chi connectivity index (χ1v) is 5.10. The van der Waals surface area contributed by atoms with Gasteiger partial charge in [-0.2, -0.15) is 5.10 Å². The molecule has 0 spiro atoms. The largest absolute Gasteiger partial charge is 0.285 e. The molecule has 0 aliphatic carbocycles. The number of nitrogens with one attached hydrogen (secondary N) is 1. The average molecular weight is 193 g/mol. The Morgan fingerprint density at radius 2 is 2.31 bits per heavy atom. The molecule has 0 aromatic carbocycles. The highest BCUT2D eigenvalue weighted by Gasteiger charge is 2.07. The van der Waals surface area contributed by atoms with Crippen molar-refractivity contribution in [3.63, 3.8) is 0 Å². The first-order chi connectivity index (χ1) is 6.27. The van der Waals surface area contributed by atoms with E-state index in [1.165, 1.54) is 0 Å². The second-order valence-corrected chi connectivity index (χ2v) is 4.08. The predicted molar refractivity (Wildman–Crippen MR) is 53.8 cm³/mol. The molecule has 0 aliphatic heterocycles. The Morgan fingerprint density at radius 1 is 1.46 bits per heavy atom. The Hall–Kier alpha value is -1.16. The van der Waals surface area contributed by atoms with Gasteiger partial charge in [0.25, 0.3) is 0 Å². The van der Waals surface area contributed by atoms with Crippen molar-refractivity contribution in [2.75, 3.05) is 0 Å². The van der Waals surface area contributed by atoms with E-state index in [2.05, 4.69) is 34.4 Å². The topological polar surface area (TPSA) is 41.6 Å². The first kappa shape index (κ1) is 8.44. The van der Waals surface area contributed by atoms with Crippen molar-refractivity contribution >= 4 is 11.3 Å². The molecule has 0 bridgehead atoms. The molecule has 0 saturated carbocycles. The molecule has 68 valence electrons. The van der Waals surface area contributed by atoms with Gasteiger partial charge in [0, 0.05) is 17.1 Å². The quantitative estimate of drug-likeness (QED) is 0.796. The van der Waals surface area contributed by atoms with Crippen molar-refractivity contribution in [1.29, 1.82) is 0 Å². The van der Waals surface area contributed by atoms with E-state index >= 15 is 0 Å². The first-order valence-electron chi connectivity index (χ1n) is 4.22. The summed E-state index contributed by atoms with van der Waals surface area (Å²) in [5.41, 5.74) is 2.22. The summed E-state index contributed by atoms with van der Waals surface area (Å²) in [6.07, 6.45) is 3.66. The standard InChI is InChI=1S/C9H11N3S/c1-6(2)8-5-13-9(12-8)7-3-10-11-4-7/h3-6H,1-2H3,(H,10,11). The lowest BCUT2D eigenvalue weighted by Crippen LogP contribution is -1.85. The summed E-state index contributed by atoms with van der Waals surface area (Å²) in [4.78, 5) is 4.51. The van der Waals surface area contributed by atoms with Crippen LogP contribution in [0.2, 0.25) is 0 Å². The van der Waals surface area contributed by atoms with Crippen LogP contribution in [-0.2, 0) is 0 Å². The van der Waals surface area contributed by atoms with Crippen LogP contribution >= 0.6 is 11.3 Å². The van der Waals surface area contributed by atoms with E-state index in [4.69, 9.17) is 0 Å². The molecule has 2 rings (SSSR count). The van der Waals surface area contributed by atoms with Crippen LogP contribution in [0.25, 0.3) is 10.6 Å². The second kappa shape index (κ2) is 3.30. The van der Waals surface area contributed by atoms with Gasteiger partial charge < -0.3 is 0 Å². The molecule has 0 amide bonds. The molecule has 0 fully saturated rings. The maximum absolute atomic E-state index is 4.51. The van der Waals surface area contributed by atoms with Crippen molar-refractivity contribution in [1.82, 2.24) is 15.2 Å². The summed E-state index contributed by atoms with van der Waals surface area (Å²) in [6.45, 7) is 4.29. The second-order valence-electron chi connectivity index (χ2n) is 3.22. The number of rotatable bonds is 2. The van der Waals surface area contributed by atoms with Crippen molar-refractivity contribution in [2.24, 2.45) is 0 Å². The molecule has 0 radical (unpaired) electrons. The van der Waals surface area contributed by atoms with Crippen molar-refractivity contribution < 1.29 is 0 Å². The fraction of sp³-hybridized carbons (Fsp3) is 0.333. The summed E-state index contributed by atoms with van der Waals surface area (Å²) in [7, 11) is 0. The fourth-order valence-electron chi connectivity index (χ4n) is 1.05. The highest BCUT2D eigenvalue weighted by Crippen LogP contribution is 2.25. The van der Waals surface area contributed by atoms with E-state index in [0.29, 0.717) is 5.92 Å². The Kier molecular flexibility index (Phi) is 2.14. The van der Waals surface area contributed by atoms with Crippen LogP contribution in [0, 0.1) is 0 Å². The third kappa shape index (κ3) is 1.62. The van der Waals surface area contributed by atoms with Gasteiger partial charge >= 0.3 is 0 Å². The molecule has 0 saturated heterocycles. The zero-order chi connectivity index (χ0) is 9.26. The molecule has 2 heterocycles. The minimum absolute atomic E-state index is 0.497.